The first-order valence-corrected chi connectivity index (χ1v) is 2.23. The molecule has 52 valence electrons. The number of hydrogen-bond acceptors (Lipinski definition) is 5. The van der Waals surface area contributed by atoms with Crippen molar-refractivity contribution in [2.75, 3.05) is 13.1 Å². The van der Waals surface area contributed by atoms with Gasteiger partial charge >= 0.3 is 23.1 Å². The predicted molar refractivity (Wildman–Crippen MR) is 28.6 cm³/mol. The number of carbonyl (C=O) groups is 2. The minimum Gasteiger partial charge on any atom is -0.549 e. The third kappa shape index (κ3) is 10.6. The van der Waals surface area contributed by atoms with Gasteiger partial charge in [-0.2, -0.15) is 0 Å². The fourth-order valence-corrected chi connectivity index (χ4v) is 0.267. The second-order valence-electron chi connectivity index (χ2n) is 1.35. The Balaban J connectivity index is 0. The van der Waals surface area contributed by atoms with Crippen molar-refractivity contribution in [3.05, 3.63) is 0 Å². The molecule has 0 aliphatic carbocycles. The molecule has 0 saturated heterocycles. The van der Waals surface area contributed by atoms with Crippen LogP contribution in [0.25, 0.3) is 0 Å². The summed E-state index contributed by atoms with van der Waals surface area (Å²) < 4.78 is 0. The zero-order valence-corrected chi connectivity index (χ0v) is 6.67. The molecule has 0 rings (SSSR count). The van der Waals surface area contributed by atoms with E-state index in [1.807, 2.05) is 0 Å². The summed E-state index contributed by atoms with van der Waals surface area (Å²) in [5, 5.41) is 21.2. The molecule has 0 aliphatic heterocycles. The molecule has 10 heavy (non-hydrogen) atoms. The van der Waals surface area contributed by atoms with Gasteiger partial charge in [-0.05, 0) is 0 Å². The first-order valence-electron chi connectivity index (χ1n) is 2.23. The van der Waals surface area contributed by atoms with Gasteiger partial charge in [0.15, 0.2) is 0 Å². The van der Waals surface area contributed by atoms with Gasteiger partial charge in [0.1, 0.15) is 0 Å². The van der Waals surface area contributed by atoms with Crippen LogP contribution in [0.4, 0.5) is 0 Å². The van der Waals surface area contributed by atoms with E-state index < -0.39 is 25.0 Å². The molecule has 1 N–H and O–H groups in total. The second kappa shape index (κ2) is 6.78. The van der Waals surface area contributed by atoms with Crippen molar-refractivity contribution in [3.8, 4) is 0 Å². The largest absolute Gasteiger partial charge is 2.00 e. The van der Waals surface area contributed by atoms with Gasteiger partial charge < -0.3 is 25.1 Å². The second-order valence-corrected chi connectivity index (χ2v) is 1.35. The monoisotopic (exact) mass is 155 g/mol. The van der Waals surface area contributed by atoms with Gasteiger partial charge in [-0.1, -0.05) is 0 Å². The van der Waals surface area contributed by atoms with Crippen LogP contribution in [0.1, 0.15) is 0 Å². The van der Waals surface area contributed by atoms with Crippen LogP contribution >= 0.6 is 0 Å². The standard InChI is InChI=1S/C4H7NO4.Mg/c6-3(7)1-5-2-4(8)9;/h5H,1-2H2,(H,6,7)(H,8,9);/q;+2/p-2. The summed E-state index contributed by atoms with van der Waals surface area (Å²) in [4.78, 5) is 19.2. The van der Waals surface area contributed by atoms with E-state index in [9.17, 15) is 19.8 Å². The summed E-state index contributed by atoms with van der Waals surface area (Å²) >= 11 is 0. The number of carboxylic acids is 2. The van der Waals surface area contributed by atoms with Gasteiger partial charge in [-0.25, -0.2) is 0 Å². The Morgan fingerprint density at radius 3 is 1.60 bits per heavy atom. The smallest absolute Gasteiger partial charge is 0.549 e. The number of carboxylic acid groups (broad SMARTS) is 2. The average molecular weight is 155 g/mol. The van der Waals surface area contributed by atoms with Crippen molar-refractivity contribution in [2.24, 2.45) is 0 Å². The van der Waals surface area contributed by atoms with E-state index in [1.54, 1.807) is 0 Å². The van der Waals surface area contributed by atoms with Crippen molar-refractivity contribution >= 4 is 35.0 Å². The topological polar surface area (TPSA) is 92.3 Å². The van der Waals surface area contributed by atoms with E-state index >= 15 is 0 Å². The van der Waals surface area contributed by atoms with Gasteiger partial charge in [0.05, 0.1) is 11.9 Å². The minimum absolute atomic E-state index is 0. The van der Waals surface area contributed by atoms with Gasteiger partial charge in [0.2, 0.25) is 0 Å². The molecule has 0 aromatic heterocycles. The summed E-state index contributed by atoms with van der Waals surface area (Å²) in [6.45, 7) is -0.929. The summed E-state index contributed by atoms with van der Waals surface area (Å²) in [5.74, 6) is -2.67. The molecule has 0 saturated carbocycles. The number of rotatable bonds is 4. The Morgan fingerprint density at radius 1 is 1.10 bits per heavy atom. The van der Waals surface area contributed by atoms with Gasteiger partial charge in [0.25, 0.3) is 0 Å². The minimum atomic E-state index is -1.34. The Hall–Kier alpha value is -0.334. The van der Waals surface area contributed by atoms with E-state index in [1.165, 1.54) is 0 Å². The van der Waals surface area contributed by atoms with Crippen LogP contribution in [0.15, 0.2) is 0 Å². The zero-order valence-electron chi connectivity index (χ0n) is 5.25. The van der Waals surface area contributed by atoms with Crippen molar-refractivity contribution < 1.29 is 19.8 Å². The Labute approximate surface area is 73.6 Å². The maximum absolute atomic E-state index is 9.59. The summed E-state index contributed by atoms with van der Waals surface area (Å²) in [5.41, 5.74) is 0. The van der Waals surface area contributed by atoms with E-state index in [0.717, 1.165) is 0 Å². The molecule has 0 unspecified atom stereocenters. The van der Waals surface area contributed by atoms with E-state index in [-0.39, 0.29) is 23.1 Å². The maximum atomic E-state index is 9.59. The molecule has 5 nitrogen and oxygen atoms in total. The Morgan fingerprint density at radius 2 is 1.40 bits per heavy atom. The van der Waals surface area contributed by atoms with Gasteiger partial charge in [-0.3, -0.25) is 0 Å². The summed E-state index contributed by atoms with van der Waals surface area (Å²) in [7, 11) is 0. The molecule has 0 heterocycles. The van der Waals surface area contributed by atoms with Crippen molar-refractivity contribution in [3.63, 3.8) is 0 Å². The molecule has 0 fully saturated rings. The van der Waals surface area contributed by atoms with Gasteiger partial charge in [-0.15, -0.1) is 0 Å². The third-order valence-electron chi connectivity index (χ3n) is 0.539. The maximum Gasteiger partial charge on any atom is 2.00 e. The van der Waals surface area contributed by atoms with Crippen LogP contribution in [0.5, 0.6) is 0 Å². The third-order valence-corrected chi connectivity index (χ3v) is 0.539. The number of nitrogens with one attached hydrogen (secondary N) is 1. The van der Waals surface area contributed by atoms with E-state index in [2.05, 4.69) is 5.32 Å². The molecule has 0 radical (unpaired) electrons. The molecule has 0 aromatic carbocycles. The molecule has 0 amide bonds. The summed E-state index contributed by atoms with van der Waals surface area (Å²) in [6, 6.07) is 0. The zero-order chi connectivity index (χ0) is 7.28. The normalized spacial score (nSPS) is 8.00. The van der Waals surface area contributed by atoms with Crippen LogP contribution in [0.3, 0.4) is 0 Å². The first-order chi connectivity index (χ1) is 4.13. The SMILES string of the molecule is O=C([O-])CNCC(=O)[O-].[Mg+2]. The fraction of sp³-hybridized carbons (Fsp3) is 0.500. The first kappa shape index (κ1) is 12.4. The number of carbonyl (C=O) groups excluding carboxylic acids is 2. The molecule has 6 heteroatoms. The Bertz CT molecular complexity index is 112. The van der Waals surface area contributed by atoms with Crippen LogP contribution < -0.4 is 15.5 Å². The molecule has 0 spiro atoms. The predicted octanol–water partition coefficient (Wildman–Crippen LogP) is -4.30. The quantitative estimate of drug-likeness (QED) is 0.415. The molecular weight excluding hydrogens is 150 g/mol. The molecular formula is C4H5MgNO4. The van der Waals surface area contributed by atoms with Crippen LogP contribution in [-0.4, -0.2) is 48.1 Å². The van der Waals surface area contributed by atoms with Gasteiger partial charge in [0, 0.05) is 13.1 Å². The number of hydrogen-bond donors (Lipinski definition) is 1. The summed E-state index contributed by atoms with van der Waals surface area (Å²) in [6.07, 6.45) is 0. The average Bonchev–Trinajstić information content (AvgIpc) is 1.63. The molecule has 0 bridgehead atoms. The van der Waals surface area contributed by atoms with Crippen LogP contribution in [0.2, 0.25) is 0 Å². The van der Waals surface area contributed by atoms with Crippen LogP contribution in [-0.2, 0) is 9.59 Å². The van der Waals surface area contributed by atoms with Crippen molar-refractivity contribution in [1.82, 2.24) is 5.32 Å². The van der Waals surface area contributed by atoms with E-state index in [4.69, 9.17) is 0 Å². The number of aliphatic carboxylic acids is 2. The molecule has 0 aromatic rings. The van der Waals surface area contributed by atoms with Crippen molar-refractivity contribution in [1.29, 1.82) is 0 Å². The fourth-order valence-electron chi connectivity index (χ4n) is 0.267. The van der Waals surface area contributed by atoms with Crippen LogP contribution in [0, 0.1) is 0 Å². The Kier molecular flexibility index (Phi) is 8.38. The van der Waals surface area contributed by atoms with Crippen molar-refractivity contribution in [2.45, 2.75) is 0 Å². The van der Waals surface area contributed by atoms with E-state index in [0.29, 0.717) is 0 Å². The molecule has 0 atom stereocenters. The molecule has 0 aliphatic rings.